The highest BCUT2D eigenvalue weighted by Crippen LogP contribution is 2.30. The minimum Gasteiger partial charge on any atom is -0.325 e. The lowest BCUT2D eigenvalue weighted by molar-refractivity contribution is -0.137. The Bertz CT molecular complexity index is 670. The van der Waals surface area contributed by atoms with Crippen molar-refractivity contribution in [2.24, 2.45) is 0 Å². The number of halogens is 4. The maximum absolute atomic E-state index is 12.7. The maximum Gasteiger partial charge on any atom is 0.416 e. The molecule has 0 unspecified atom stereocenters. The molecule has 0 saturated heterocycles. The molecular weight excluding hydrogens is 315 g/mol. The Morgan fingerprint density at radius 2 is 1.82 bits per heavy atom. The molecule has 0 aliphatic heterocycles. The van der Waals surface area contributed by atoms with Crippen LogP contribution in [0.25, 0.3) is 0 Å². The minimum absolute atomic E-state index is 0.183. The van der Waals surface area contributed by atoms with Crippen molar-refractivity contribution in [1.29, 1.82) is 0 Å². The van der Waals surface area contributed by atoms with Crippen LogP contribution in [0, 0.1) is 0 Å². The number of alkyl halides is 4. The second kappa shape index (κ2) is 6.83. The summed E-state index contributed by atoms with van der Waals surface area (Å²) in [5.74, 6) is -0.545. The zero-order chi connectivity index (χ0) is 16.2. The average molecular weight is 328 g/mol. The van der Waals surface area contributed by atoms with Gasteiger partial charge in [0, 0.05) is 5.69 Å². The van der Waals surface area contributed by atoms with Gasteiger partial charge in [0.25, 0.3) is 0 Å². The summed E-state index contributed by atoms with van der Waals surface area (Å²) in [6, 6.07) is 12.1. The third-order valence-corrected chi connectivity index (χ3v) is 3.30. The monoisotopic (exact) mass is 327 g/mol. The van der Waals surface area contributed by atoms with Crippen molar-refractivity contribution < 1.29 is 18.0 Å². The lowest BCUT2D eigenvalue weighted by Crippen LogP contribution is -2.14. The van der Waals surface area contributed by atoms with Gasteiger partial charge in [0.15, 0.2) is 0 Å². The Hall–Kier alpha value is -2.01. The summed E-state index contributed by atoms with van der Waals surface area (Å²) < 4.78 is 38.2. The Balaban J connectivity index is 2.26. The van der Waals surface area contributed by atoms with Gasteiger partial charge in [-0.05, 0) is 29.7 Å². The van der Waals surface area contributed by atoms with E-state index in [4.69, 9.17) is 11.6 Å². The molecular formula is C16H13ClF3NO. The number of amides is 1. The zero-order valence-corrected chi connectivity index (χ0v) is 12.2. The van der Waals surface area contributed by atoms with E-state index in [1.807, 2.05) is 0 Å². The predicted molar refractivity (Wildman–Crippen MR) is 80.0 cm³/mol. The Kier molecular flexibility index (Phi) is 5.08. The van der Waals surface area contributed by atoms with Gasteiger partial charge in [-0.25, -0.2) is 0 Å². The Morgan fingerprint density at radius 3 is 2.50 bits per heavy atom. The van der Waals surface area contributed by atoms with Crippen molar-refractivity contribution in [2.75, 3.05) is 11.2 Å². The van der Waals surface area contributed by atoms with E-state index in [1.165, 1.54) is 6.07 Å². The summed E-state index contributed by atoms with van der Waals surface area (Å²) in [6.07, 6.45) is -4.09. The highest BCUT2D eigenvalue weighted by Gasteiger charge is 2.30. The fourth-order valence-electron chi connectivity index (χ4n) is 2.06. The fraction of sp³-hybridized carbons (Fsp3) is 0.188. The summed E-state index contributed by atoms with van der Waals surface area (Å²) in [7, 11) is 0. The van der Waals surface area contributed by atoms with Crippen LogP contribution in [-0.4, -0.2) is 11.8 Å². The molecule has 2 aromatic carbocycles. The number of benzene rings is 2. The molecule has 0 spiro atoms. The number of carbonyl (C=O) groups excluding carboxylic acids is 1. The van der Waals surface area contributed by atoms with Gasteiger partial charge in [-0.2, -0.15) is 13.2 Å². The summed E-state index contributed by atoms with van der Waals surface area (Å²) in [5.41, 5.74) is 1.10. The van der Waals surface area contributed by atoms with E-state index in [-0.39, 0.29) is 18.2 Å². The van der Waals surface area contributed by atoms with Crippen molar-refractivity contribution in [3.8, 4) is 0 Å². The molecule has 2 rings (SSSR count). The second-order valence-electron chi connectivity index (χ2n) is 4.71. The Morgan fingerprint density at radius 1 is 1.09 bits per heavy atom. The van der Waals surface area contributed by atoms with Gasteiger partial charge in [-0.1, -0.05) is 36.4 Å². The van der Waals surface area contributed by atoms with E-state index >= 15 is 0 Å². The molecule has 2 aromatic rings. The molecule has 0 radical (unpaired) electrons. The van der Waals surface area contributed by atoms with E-state index < -0.39 is 11.7 Å². The lowest BCUT2D eigenvalue weighted by atomic mass is 10.0. The molecule has 0 aromatic heterocycles. The van der Waals surface area contributed by atoms with E-state index in [0.717, 1.165) is 17.7 Å². The third-order valence-electron chi connectivity index (χ3n) is 3.06. The van der Waals surface area contributed by atoms with E-state index in [2.05, 4.69) is 5.32 Å². The molecule has 1 N–H and O–H groups in total. The summed E-state index contributed by atoms with van der Waals surface area (Å²) >= 11 is 5.45. The molecule has 0 saturated carbocycles. The average Bonchev–Trinajstić information content (AvgIpc) is 2.48. The van der Waals surface area contributed by atoms with Crippen LogP contribution in [0.15, 0.2) is 48.5 Å². The van der Waals surface area contributed by atoms with Crippen LogP contribution in [0.3, 0.4) is 0 Å². The Labute approximate surface area is 130 Å². The van der Waals surface area contributed by atoms with E-state index in [0.29, 0.717) is 11.3 Å². The number of hydrogen-bond donors (Lipinski definition) is 1. The molecule has 2 nitrogen and oxygen atoms in total. The fourth-order valence-corrected chi connectivity index (χ4v) is 2.12. The molecule has 0 aliphatic carbocycles. The summed E-state index contributed by atoms with van der Waals surface area (Å²) in [4.78, 5) is 11.4. The van der Waals surface area contributed by atoms with E-state index in [9.17, 15) is 18.0 Å². The molecule has 0 heterocycles. The largest absolute Gasteiger partial charge is 0.416 e. The van der Waals surface area contributed by atoms with Gasteiger partial charge in [0.05, 0.1) is 5.56 Å². The number of hydrogen-bond acceptors (Lipinski definition) is 1. The van der Waals surface area contributed by atoms with Gasteiger partial charge in [0.1, 0.15) is 5.88 Å². The topological polar surface area (TPSA) is 29.1 Å². The number of carbonyl (C=O) groups is 1. The number of anilines is 1. The van der Waals surface area contributed by atoms with Crippen molar-refractivity contribution in [3.63, 3.8) is 0 Å². The highest BCUT2D eigenvalue weighted by molar-refractivity contribution is 6.29. The zero-order valence-electron chi connectivity index (χ0n) is 11.5. The van der Waals surface area contributed by atoms with Gasteiger partial charge in [-0.15, -0.1) is 11.6 Å². The standard InChI is InChI=1S/C16H13ClF3NO/c17-10-15(22)21-14-7-2-1-5-12(14)8-11-4-3-6-13(9-11)16(18,19)20/h1-7,9H,8,10H2,(H,21,22). The molecule has 1 amide bonds. The van der Waals surface area contributed by atoms with Crippen LogP contribution in [-0.2, 0) is 17.4 Å². The van der Waals surface area contributed by atoms with E-state index in [1.54, 1.807) is 30.3 Å². The van der Waals surface area contributed by atoms with Crippen molar-refractivity contribution in [2.45, 2.75) is 12.6 Å². The van der Waals surface area contributed by atoms with Crippen LogP contribution in [0.1, 0.15) is 16.7 Å². The summed E-state index contributed by atoms with van der Waals surface area (Å²) in [6.45, 7) is 0. The molecule has 6 heteroatoms. The first-order valence-corrected chi connectivity index (χ1v) is 7.03. The first-order valence-electron chi connectivity index (χ1n) is 6.50. The molecule has 22 heavy (non-hydrogen) atoms. The number of para-hydroxylation sites is 1. The lowest BCUT2D eigenvalue weighted by Gasteiger charge is -2.12. The van der Waals surface area contributed by atoms with Crippen molar-refractivity contribution >= 4 is 23.2 Å². The highest BCUT2D eigenvalue weighted by atomic mass is 35.5. The molecule has 0 bridgehead atoms. The normalized spacial score (nSPS) is 11.3. The van der Waals surface area contributed by atoms with Crippen LogP contribution < -0.4 is 5.32 Å². The van der Waals surface area contributed by atoms with Crippen LogP contribution in [0.2, 0.25) is 0 Å². The SMILES string of the molecule is O=C(CCl)Nc1ccccc1Cc1cccc(C(F)(F)F)c1. The minimum atomic E-state index is -4.37. The molecule has 116 valence electrons. The van der Waals surface area contributed by atoms with Gasteiger partial charge in [-0.3, -0.25) is 4.79 Å². The van der Waals surface area contributed by atoms with Crippen LogP contribution in [0.5, 0.6) is 0 Å². The summed E-state index contributed by atoms with van der Waals surface area (Å²) in [5, 5.41) is 2.63. The number of nitrogens with one attached hydrogen (secondary N) is 1. The molecule has 0 fully saturated rings. The smallest absolute Gasteiger partial charge is 0.325 e. The first kappa shape index (κ1) is 16.4. The van der Waals surface area contributed by atoms with Crippen molar-refractivity contribution in [3.05, 3.63) is 65.2 Å². The quantitative estimate of drug-likeness (QED) is 0.825. The van der Waals surface area contributed by atoms with Gasteiger partial charge < -0.3 is 5.32 Å². The molecule has 0 aliphatic rings. The second-order valence-corrected chi connectivity index (χ2v) is 4.98. The van der Waals surface area contributed by atoms with Crippen molar-refractivity contribution in [1.82, 2.24) is 0 Å². The first-order chi connectivity index (χ1) is 10.4. The third kappa shape index (κ3) is 4.24. The van der Waals surface area contributed by atoms with Crippen LogP contribution in [0.4, 0.5) is 18.9 Å². The molecule has 0 atom stereocenters. The van der Waals surface area contributed by atoms with Gasteiger partial charge in [0.2, 0.25) is 5.91 Å². The van der Waals surface area contributed by atoms with Crippen LogP contribution >= 0.6 is 11.6 Å². The maximum atomic E-state index is 12.7. The predicted octanol–water partition coefficient (Wildman–Crippen LogP) is 4.47. The number of rotatable bonds is 4. The van der Waals surface area contributed by atoms with Gasteiger partial charge >= 0.3 is 6.18 Å².